The molecule has 0 aromatic heterocycles. The van der Waals surface area contributed by atoms with E-state index in [1.165, 1.54) is 12.8 Å². The minimum absolute atomic E-state index is 0.611. The molecule has 1 aromatic carbocycles. The van der Waals surface area contributed by atoms with E-state index in [0.717, 1.165) is 31.0 Å². The summed E-state index contributed by atoms with van der Waals surface area (Å²) >= 11 is 6.10. The molecule has 0 spiro atoms. The molecule has 18 heavy (non-hydrogen) atoms. The van der Waals surface area contributed by atoms with Crippen molar-refractivity contribution < 1.29 is 4.74 Å². The number of nitrogens with zero attached hydrogens (tertiary/aromatic N) is 1. The number of ether oxygens (including phenoxy) is 1. The third-order valence-electron chi connectivity index (χ3n) is 3.51. The predicted octanol–water partition coefficient (Wildman–Crippen LogP) is 3.09. The standard InChI is InChI=1S/C14H21ClN2O/c1-10-6-13(16)12(15)7-14(10)17(2)8-11-4-3-5-18-9-11/h6-7,11H,3-5,8-9,16H2,1-2H3. The zero-order valence-corrected chi connectivity index (χ0v) is 11.8. The van der Waals surface area contributed by atoms with E-state index in [-0.39, 0.29) is 0 Å². The van der Waals surface area contributed by atoms with Crippen LogP contribution in [0.2, 0.25) is 5.02 Å². The highest BCUT2D eigenvalue weighted by molar-refractivity contribution is 6.33. The van der Waals surface area contributed by atoms with E-state index in [2.05, 4.69) is 18.9 Å². The maximum absolute atomic E-state index is 6.10. The molecule has 0 saturated carbocycles. The van der Waals surface area contributed by atoms with E-state index in [9.17, 15) is 0 Å². The highest BCUT2D eigenvalue weighted by Gasteiger charge is 2.17. The number of anilines is 2. The summed E-state index contributed by atoms with van der Waals surface area (Å²) in [5.41, 5.74) is 8.76. The van der Waals surface area contributed by atoms with Gasteiger partial charge < -0.3 is 15.4 Å². The van der Waals surface area contributed by atoms with E-state index >= 15 is 0 Å². The van der Waals surface area contributed by atoms with Crippen LogP contribution < -0.4 is 10.6 Å². The van der Waals surface area contributed by atoms with Gasteiger partial charge in [0.1, 0.15) is 0 Å². The lowest BCUT2D eigenvalue weighted by Crippen LogP contribution is -2.31. The number of rotatable bonds is 3. The van der Waals surface area contributed by atoms with Crippen LogP contribution in [0.1, 0.15) is 18.4 Å². The van der Waals surface area contributed by atoms with Crippen molar-refractivity contribution in [1.82, 2.24) is 0 Å². The predicted molar refractivity (Wildman–Crippen MR) is 77.4 cm³/mol. The van der Waals surface area contributed by atoms with Gasteiger partial charge in [-0.15, -0.1) is 0 Å². The maximum atomic E-state index is 6.10. The van der Waals surface area contributed by atoms with Gasteiger partial charge in [-0.3, -0.25) is 0 Å². The third kappa shape index (κ3) is 3.09. The van der Waals surface area contributed by atoms with Crippen LogP contribution in [-0.4, -0.2) is 26.8 Å². The van der Waals surface area contributed by atoms with E-state index in [0.29, 0.717) is 16.6 Å². The molecular formula is C14H21ClN2O. The molecule has 4 heteroatoms. The highest BCUT2D eigenvalue weighted by Crippen LogP contribution is 2.29. The average Bonchev–Trinajstić information content (AvgIpc) is 2.35. The molecule has 0 amide bonds. The van der Waals surface area contributed by atoms with Gasteiger partial charge in [0.15, 0.2) is 0 Å². The van der Waals surface area contributed by atoms with Gasteiger partial charge in [0.25, 0.3) is 0 Å². The van der Waals surface area contributed by atoms with Crippen molar-refractivity contribution in [1.29, 1.82) is 0 Å². The summed E-state index contributed by atoms with van der Waals surface area (Å²) in [6.45, 7) is 4.84. The van der Waals surface area contributed by atoms with Crippen molar-refractivity contribution in [3.63, 3.8) is 0 Å². The third-order valence-corrected chi connectivity index (χ3v) is 3.84. The van der Waals surface area contributed by atoms with Crippen LogP contribution in [0.3, 0.4) is 0 Å². The van der Waals surface area contributed by atoms with Crippen molar-refractivity contribution in [2.75, 3.05) is 37.4 Å². The molecule has 1 unspecified atom stereocenters. The first kappa shape index (κ1) is 13.5. The minimum Gasteiger partial charge on any atom is -0.398 e. The number of benzene rings is 1. The maximum Gasteiger partial charge on any atom is 0.0656 e. The van der Waals surface area contributed by atoms with Crippen LogP contribution in [0.4, 0.5) is 11.4 Å². The fourth-order valence-corrected chi connectivity index (χ4v) is 2.70. The molecule has 0 aliphatic carbocycles. The first-order valence-corrected chi connectivity index (χ1v) is 6.80. The van der Waals surface area contributed by atoms with Crippen molar-refractivity contribution in [2.45, 2.75) is 19.8 Å². The van der Waals surface area contributed by atoms with E-state index in [1.54, 1.807) is 0 Å². The van der Waals surface area contributed by atoms with Gasteiger partial charge >= 0.3 is 0 Å². The van der Waals surface area contributed by atoms with Crippen LogP contribution in [0.25, 0.3) is 0 Å². The molecule has 0 bridgehead atoms. The Morgan fingerprint density at radius 3 is 2.94 bits per heavy atom. The lowest BCUT2D eigenvalue weighted by Gasteiger charge is -2.29. The summed E-state index contributed by atoms with van der Waals surface area (Å²) in [6, 6.07) is 3.89. The molecule has 0 radical (unpaired) electrons. The summed E-state index contributed by atoms with van der Waals surface area (Å²) in [7, 11) is 2.10. The van der Waals surface area contributed by atoms with Gasteiger partial charge in [0, 0.05) is 25.9 Å². The van der Waals surface area contributed by atoms with Gasteiger partial charge in [-0.05, 0) is 43.4 Å². The highest BCUT2D eigenvalue weighted by atomic mass is 35.5. The Labute approximate surface area is 114 Å². The first-order valence-electron chi connectivity index (χ1n) is 6.42. The number of halogens is 1. The fourth-order valence-electron chi connectivity index (χ4n) is 2.54. The second kappa shape index (κ2) is 5.81. The fraction of sp³-hybridized carbons (Fsp3) is 0.571. The Balaban J connectivity index is 2.08. The Hall–Kier alpha value is -0.930. The van der Waals surface area contributed by atoms with Gasteiger partial charge in [-0.25, -0.2) is 0 Å². The molecule has 1 aromatic rings. The Morgan fingerprint density at radius 1 is 1.50 bits per heavy atom. The second-order valence-corrected chi connectivity index (χ2v) is 5.53. The summed E-state index contributed by atoms with van der Waals surface area (Å²) in [5, 5.41) is 0.627. The first-order chi connectivity index (χ1) is 8.58. The average molecular weight is 269 g/mol. The molecule has 2 N–H and O–H groups in total. The molecule has 1 fully saturated rings. The van der Waals surface area contributed by atoms with Crippen molar-refractivity contribution in [2.24, 2.45) is 5.92 Å². The molecule has 3 nitrogen and oxygen atoms in total. The summed E-state index contributed by atoms with van der Waals surface area (Å²) in [5.74, 6) is 0.611. The molecular weight excluding hydrogens is 248 g/mol. The number of aryl methyl sites for hydroxylation is 1. The minimum atomic E-state index is 0.611. The van der Waals surface area contributed by atoms with Crippen LogP contribution in [-0.2, 0) is 4.74 Å². The van der Waals surface area contributed by atoms with E-state index < -0.39 is 0 Å². The van der Waals surface area contributed by atoms with Gasteiger partial charge in [0.05, 0.1) is 17.3 Å². The molecule has 2 rings (SSSR count). The lowest BCUT2D eigenvalue weighted by atomic mass is 10.0. The molecule has 1 atom stereocenters. The Bertz CT molecular complexity index is 417. The van der Waals surface area contributed by atoms with Gasteiger partial charge in [0.2, 0.25) is 0 Å². The van der Waals surface area contributed by atoms with E-state index in [4.69, 9.17) is 22.1 Å². The molecule has 1 aliphatic rings. The molecule has 100 valence electrons. The smallest absolute Gasteiger partial charge is 0.0656 e. The number of hydrogen-bond donors (Lipinski definition) is 1. The van der Waals surface area contributed by atoms with Crippen LogP contribution in [0.5, 0.6) is 0 Å². The summed E-state index contributed by atoms with van der Waals surface area (Å²) < 4.78 is 5.52. The Kier molecular flexibility index (Phi) is 4.36. The van der Waals surface area contributed by atoms with Crippen molar-refractivity contribution in [3.8, 4) is 0 Å². The molecule has 1 aliphatic heterocycles. The van der Waals surface area contributed by atoms with E-state index in [1.807, 2.05) is 12.1 Å². The largest absolute Gasteiger partial charge is 0.398 e. The SMILES string of the molecule is Cc1cc(N)c(Cl)cc1N(C)CC1CCCOC1. The normalized spacial score (nSPS) is 19.8. The number of nitrogens with two attached hydrogens (primary N) is 1. The van der Waals surface area contributed by atoms with Gasteiger partial charge in [-0.2, -0.15) is 0 Å². The zero-order chi connectivity index (χ0) is 13.1. The lowest BCUT2D eigenvalue weighted by molar-refractivity contribution is 0.0576. The van der Waals surface area contributed by atoms with Crippen molar-refractivity contribution >= 4 is 23.0 Å². The summed E-state index contributed by atoms with van der Waals surface area (Å²) in [4.78, 5) is 2.25. The van der Waals surface area contributed by atoms with Crippen LogP contribution in [0.15, 0.2) is 12.1 Å². The number of nitrogen functional groups attached to an aromatic ring is 1. The molecule has 1 heterocycles. The second-order valence-electron chi connectivity index (χ2n) is 5.12. The van der Waals surface area contributed by atoms with Crippen LogP contribution >= 0.6 is 11.6 Å². The quantitative estimate of drug-likeness (QED) is 0.856. The topological polar surface area (TPSA) is 38.5 Å². The van der Waals surface area contributed by atoms with Crippen LogP contribution in [0, 0.1) is 12.8 Å². The van der Waals surface area contributed by atoms with Gasteiger partial charge in [-0.1, -0.05) is 11.6 Å². The molecule has 1 saturated heterocycles. The Morgan fingerprint density at radius 2 is 2.28 bits per heavy atom. The zero-order valence-electron chi connectivity index (χ0n) is 11.1. The summed E-state index contributed by atoms with van der Waals surface area (Å²) in [6.07, 6.45) is 2.41. The van der Waals surface area contributed by atoms with Crippen molar-refractivity contribution in [3.05, 3.63) is 22.7 Å². The monoisotopic (exact) mass is 268 g/mol. The number of hydrogen-bond acceptors (Lipinski definition) is 3.